The second kappa shape index (κ2) is 6.85. The SMILES string of the molecule is CCC(CCCl)CNCc1cnn(C)c1. The van der Waals surface area contributed by atoms with Crippen molar-refractivity contribution in [3.05, 3.63) is 18.0 Å². The molecule has 1 aromatic rings. The van der Waals surface area contributed by atoms with Gasteiger partial charge in [0.1, 0.15) is 0 Å². The Morgan fingerprint density at radius 3 is 2.93 bits per heavy atom. The number of alkyl halides is 1. The predicted octanol–water partition coefficient (Wildman–Crippen LogP) is 2.16. The molecule has 86 valence electrons. The number of nitrogens with one attached hydrogen (secondary N) is 1. The number of halogens is 1. The number of hydrogen-bond donors (Lipinski definition) is 1. The highest BCUT2D eigenvalue weighted by Crippen LogP contribution is 2.08. The maximum atomic E-state index is 5.73. The molecule has 0 saturated heterocycles. The van der Waals surface area contributed by atoms with Crippen molar-refractivity contribution in [2.75, 3.05) is 12.4 Å². The molecule has 3 nitrogen and oxygen atoms in total. The first-order valence-corrected chi connectivity index (χ1v) is 6.04. The van der Waals surface area contributed by atoms with Crippen LogP contribution in [0.4, 0.5) is 0 Å². The van der Waals surface area contributed by atoms with E-state index in [4.69, 9.17) is 11.6 Å². The van der Waals surface area contributed by atoms with Gasteiger partial charge in [-0.1, -0.05) is 13.3 Å². The standard InChI is InChI=1S/C11H20ClN3/c1-3-10(4-5-12)6-13-7-11-8-14-15(2)9-11/h8-10,13H,3-7H2,1-2H3. The van der Waals surface area contributed by atoms with Crippen molar-refractivity contribution in [3.8, 4) is 0 Å². The summed E-state index contributed by atoms with van der Waals surface area (Å²) in [6.07, 6.45) is 6.22. The smallest absolute Gasteiger partial charge is 0.0534 e. The van der Waals surface area contributed by atoms with E-state index < -0.39 is 0 Å². The second-order valence-electron chi connectivity index (χ2n) is 3.91. The first-order valence-electron chi connectivity index (χ1n) is 5.50. The molecule has 1 heterocycles. The van der Waals surface area contributed by atoms with Gasteiger partial charge in [-0.3, -0.25) is 4.68 Å². The Kier molecular flexibility index (Phi) is 5.73. The molecular weight excluding hydrogens is 210 g/mol. The van der Waals surface area contributed by atoms with Crippen molar-refractivity contribution in [1.29, 1.82) is 0 Å². The van der Waals surface area contributed by atoms with Gasteiger partial charge in [0, 0.05) is 31.2 Å². The summed E-state index contributed by atoms with van der Waals surface area (Å²) >= 11 is 5.73. The van der Waals surface area contributed by atoms with E-state index in [0.717, 1.165) is 25.4 Å². The van der Waals surface area contributed by atoms with E-state index >= 15 is 0 Å². The van der Waals surface area contributed by atoms with Gasteiger partial charge >= 0.3 is 0 Å². The Morgan fingerprint density at radius 1 is 1.60 bits per heavy atom. The fraction of sp³-hybridized carbons (Fsp3) is 0.727. The van der Waals surface area contributed by atoms with Crippen LogP contribution in [0.15, 0.2) is 12.4 Å². The minimum atomic E-state index is 0.694. The zero-order valence-corrected chi connectivity index (χ0v) is 10.3. The van der Waals surface area contributed by atoms with Crippen molar-refractivity contribution in [3.63, 3.8) is 0 Å². The zero-order chi connectivity index (χ0) is 11.1. The Labute approximate surface area is 96.8 Å². The highest BCUT2D eigenvalue weighted by molar-refractivity contribution is 6.17. The summed E-state index contributed by atoms with van der Waals surface area (Å²) in [5.74, 6) is 1.45. The van der Waals surface area contributed by atoms with Gasteiger partial charge < -0.3 is 5.32 Å². The molecule has 0 aliphatic heterocycles. The third-order valence-electron chi connectivity index (χ3n) is 2.62. The van der Waals surface area contributed by atoms with Crippen molar-refractivity contribution < 1.29 is 0 Å². The average Bonchev–Trinajstić information content (AvgIpc) is 2.63. The fourth-order valence-electron chi connectivity index (χ4n) is 1.59. The van der Waals surface area contributed by atoms with Crippen molar-refractivity contribution >= 4 is 11.6 Å². The summed E-state index contributed by atoms with van der Waals surface area (Å²) in [5.41, 5.74) is 1.23. The molecule has 1 unspecified atom stereocenters. The van der Waals surface area contributed by atoms with Gasteiger partial charge in [-0.15, -0.1) is 11.6 Å². The summed E-state index contributed by atoms with van der Waals surface area (Å²) in [6, 6.07) is 0. The molecule has 15 heavy (non-hydrogen) atoms. The van der Waals surface area contributed by atoms with Gasteiger partial charge in [-0.25, -0.2) is 0 Å². The lowest BCUT2D eigenvalue weighted by molar-refractivity contribution is 0.451. The molecule has 0 saturated carbocycles. The topological polar surface area (TPSA) is 29.9 Å². The average molecular weight is 230 g/mol. The molecule has 1 aromatic heterocycles. The van der Waals surface area contributed by atoms with Crippen LogP contribution in [-0.4, -0.2) is 22.2 Å². The van der Waals surface area contributed by atoms with Gasteiger partial charge in [-0.05, 0) is 18.9 Å². The quantitative estimate of drug-likeness (QED) is 0.727. The zero-order valence-electron chi connectivity index (χ0n) is 9.54. The van der Waals surface area contributed by atoms with Crippen LogP contribution in [0.25, 0.3) is 0 Å². The van der Waals surface area contributed by atoms with Crippen molar-refractivity contribution in [2.45, 2.75) is 26.3 Å². The molecule has 1 N–H and O–H groups in total. The maximum absolute atomic E-state index is 5.73. The minimum Gasteiger partial charge on any atom is -0.312 e. The van der Waals surface area contributed by atoms with Crippen LogP contribution >= 0.6 is 11.6 Å². The first kappa shape index (κ1) is 12.5. The van der Waals surface area contributed by atoms with Gasteiger partial charge in [-0.2, -0.15) is 5.10 Å². The molecule has 0 bridgehead atoms. The molecule has 4 heteroatoms. The van der Waals surface area contributed by atoms with Crippen LogP contribution in [0.5, 0.6) is 0 Å². The first-order chi connectivity index (χ1) is 7.26. The minimum absolute atomic E-state index is 0.694. The Balaban J connectivity index is 2.20. The highest BCUT2D eigenvalue weighted by atomic mass is 35.5. The van der Waals surface area contributed by atoms with Crippen LogP contribution in [0.2, 0.25) is 0 Å². The van der Waals surface area contributed by atoms with E-state index in [9.17, 15) is 0 Å². The molecule has 0 aliphatic carbocycles. The van der Waals surface area contributed by atoms with Crippen LogP contribution in [-0.2, 0) is 13.6 Å². The van der Waals surface area contributed by atoms with Gasteiger partial charge in [0.25, 0.3) is 0 Å². The summed E-state index contributed by atoms with van der Waals surface area (Å²) in [7, 11) is 1.94. The number of rotatable bonds is 7. The number of nitrogens with zero attached hydrogens (tertiary/aromatic N) is 2. The molecule has 0 amide bonds. The van der Waals surface area contributed by atoms with Gasteiger partial charge in [0.2, 0.25) is 0 Å². The second-order valence-corrected chi connectivity index (χ2v) is 4.28. The normalized spacial score (nSPS) is 13.0. The van der Waals surface area contributed by atoms with E-state index in [-0.39, 0.29) is 0 Å². The van der Waals surface area contributed by atoms with E-state index in [2.05, 4.69) is 17.3 Å². The van der Waals surface area contributed by atoms with Crippen LogP contribution in [0, 0.1) is 5.92 Å². The molecular formula is C11H20ClN3. The molecule has 1 atom stereocenters. The third-order valence-corrected chi connectivity index (χ3v) is 2.83. The van der Waals surface area contributed by atoms with E-state index in [1.807, 2.05) is 24.1 Å². The van der Waals surface area contributed by atoms with Crippen molar-refractivity contribution in [2.24, 2.45) is 13.0 Å². The van der Waals surface area contributed by atoms with Crippen molar-refractivity contribution in [1.82, 2.24) is 15.1 Å². The third kappa shape index (κ3) is 4.67. The molecule has 0 spiro atoms. The molecule has 0 radical (unpaired) electrons. The maximum Gasteiger partial charge on any atom is 0.0534 e. The largest absolute Gasteiger partial charge is 0.312 e. The van der Waals surface area contributed by atoms with Crippen LogP contribution < -0.4 is 5.32 Å². The molecule has 0 aliphatic rings. The lowest BCUT2D eigenvalue weighted by atomic mass is 10.0. The number of aryl methyl sites for hydroxylation is 1. The predicted molar refractivity (Wildman–Crippen MR) is 64.0 cm³/mol. The van der Waals surface area contributed by atoms with E-state index in [1.54, 1.807) is 0 Å². The van der Waals surface area contributed by atoms with Gasteiger partial charge in [0.15, 0.2) is 0 Å². The summed E-state index contributed by atoms with van der Waals surface area (Å²) in [4.78, 5) is 0. The van der Waals surface area contributed by atoms with E-state index in [1.165, 1.54) is 12.0 Å². The van der Waals surface area contributed by atoms with Crippen LogP contribution in [0.1, 0.15) is 25.3 Å². The lowest BCUT2D eigenvalue weighted by Gasteiger charge is -2.13. The molecule has 1 rings (SSSR count). The number of hydrogen-bond acceptors (Lipinski definition) is 2. The molecule has 0 fully saturated rings. The Bertz CT molecular complexity index is 273. The Hall–Kier alpha value is -0.540. The monoisotopic (exact) mass is 229 g/mol. The van der Waals surface area contributed by atoms with Gasteiger partial charge in [0.05, 0.1) is 6.20 Å². The highest BCUT2D eigenvalue weighted by Gasteiger charge is 2.04. The lowest BCUT2D eigenvalue weighted by Crippen LogP contribution is -2.22. The van der Waals surface area contributed by atoms with Crippen LogP contribution in [0.3, 0.4) is 0 Å². The van der Waals surface area contributed by atoms with E-state index in [0.29, 0.717) is 5.92 Å². The molecule has 0 aromatic carbocycles. The summed E-state index contributed by atoms with van der Waals surface area (Å²) in [6.45, 7) is 4.15. The number of aromatic nitrogens is 2. The summed E-state index contributed by atoms with van der Waals surface area (Å²) in [5, 5.41) is 7.57. The fourth-order valence-corrected chi connectivity index (χ4v) is 1.90. The Morgan fingerprint density at radius 2 is 2.40 bits per heavy atom. The summed E-state index contributed by atoms with van der Waals surface area (Å²) < 4.78 is 1.83.